The topological polar surface area (TPSA) is 100 Å². The first-order chi connectivity index (χ1) is 14.3. The molecule has 30 heavy (non-hydrogen) atoms. The lowest BCUT2D eigenvalue weighted by Crippen LogP contribution is -2.31. The quantitative estimate of drug-likeness (QED) is 0.495. The number of aliphatic hydroxyl groups excluding tert-OH is 1. The van der Waals surface area contributed by atoms with E-state index in [1.54, 1.807) is 37.6 Å². The maximum Gasteiger partial charge on any atom is 0.255 e. The van der Waals surface area contributed by atoms with Gasteiger partial charge < -0.3 is 15.7 Å². The number of hydrogen-bond acceptors (Lipinski definition) is 6. The SMILES string of the molecule is C=C(C)c1cnc(-c2ccnc(Cl)c2)cc1Nc1ccncc1C(=O)NCC(C)O. The first-order valence-electron chi connectivity index (χ1n) is 9.30. The fourth-order valence-corrected chi connectivity index (χ4v) is 2.96. The van der Waals surface area contributed by atoms with Crippen molar-refractivity contribution in [2.45, 2.75) is 20.0 Å². The van der Waals surface area contributed by atoms with Crippen LogP contribution in [0.2, 0.25) is 5.15 Å². The first-order valence-corrected chi connectivity index (χ1v) is 9.68. The number of hydrogen-bond donors (Lipinski definition) is 3. The molecule has 7 nitrogen and oxygen atoms in total. The minimum atomic E-state index is -0.646. The fraction of sp³-hybridized carbons (Fsp3) is 0.182. The number of nitrogens with zero attached hydrogens (tertiary/aromatic N) is 3. The fourth-order valence-electron chi connectivity index (χ4n) is 2.78. The molecule has 0 bridgehead atoms. The highest BCUT2D eigenvalue weighted by Crippen LogP contribution is 2.31. The maximum atomic E-state index is 12.6. The van der Waals surface area contributed by atoms with E-state index in [1.165, 1.54) is 6.20 Å². The van der Waals surface area contributed by atoms with Crippen LogP contribution in [-0.4, -0.2) is 38.6 Å². The first kappa shape index (κ1) is 21.4. The van der Waals surface area contributed by atoms with Crippen LogP contribution in [0.4, 0.5) is 11.4 Å². The average molecular weight is 424 g/mol. The van der Waals surface area contributed by atoms with E-state index in [1.807, 2.05) is 19.1 Å². The zero-order chi connectivity index (χ0) is 21.7. The molecular formula is C22H22ClN5O2. The molecule has 1 atom stereocenters. The van der Waals surface area contributed by atoms with Gasteiger partial charge in [-0.25, -0.2) is 4.98 Å². The van der Waals surface area contributed by atoms with Gasteiger partial charge in [0.1, 0.15) is 5.15 Å². The highest BCUT2D eigenvalue weighted by Gasteiger charge is 2.15. The highest BCUT2D eigenvalue weighted by atomic mass is 35.5. The number of allylic oxidation sites excluding steroid dienone is 1. The molecule has 3 N–H and O–H groups in total. The minimum Gasteiger partial charge on any atom is -0.392 e. The summed E-state index contributed by atoms with van der Waals surface area (Å²) >= 11 is 6.02. The van der Waals surface area contributed by atoms with E-state index in [4.69, 9.17) is 11.6 Å². The summed E-state index contributed by atoms with van der Waals surface area (Å²) in [5.41, 5.74) is 4.80. The highest BCUT2D eigenvalue weighted by molar-refractivity contribution is 6.29. The number of aromatic nitrogens is 3. The zero-order valence-electron chi connectivity index (χ0n) is 16.7. The van der Waals surface area contributed by atoms with Gasteiger partial charge >= 0.3 is 0 Å². The summed E-state index contributed by atoms with van der Waals surface area (Å²) < 4.78 is 0. The molecule has 1 unspecified atom stereocenters. The van der Waals surface area contributed by atoms with Crippen molar-refractivity contribution in [1.29, 1.82) is 0 Å². The third kappa shape index (κ3) is 5.20. The largest absolute Gasteiger partial charge is 0.392 e. The molecular weight excluding hydrogens is 402 g/mol. The van der Waals surface area contributed by atoms with E-state index in [9.17, 15) is 9.90 Å². The lowest BCUT2D eigenvalue weighted by Gasteiger charge is -2.16. The molecule has 154 valence electrons. The standard InChI is InChI=1S/C22H22ClN5O2/c1-13(2)16-12-26-19(15-4-7-25-21(23)8-15)9-20(16)28-18-5-6-24-11-17(18)22(30)27-10-14(3)29/h4-9,11-12,14,29H,1,10H2,2-3H3,(H,27,30)(H,24,26,28). The molecule has 3 heterocycles. The number of nitrogens with one attached hydrogen (secondary N) is 2. The van der Waals surface area contributed by atoms with Crippen molar-refractivity contribution in [3.8, 4) is 11.3 Å². The van der Waals surface area contributed by atoms with Gasteiger partial charge in [-0.15, -0.1) is 0 Å². The smallest absolute Gasteiger partial charge is 0.255 e. The maximum absolute atomic E-state index is 12.6. The molecule has 0 aliphatic heterocycles. The Morgan fingerprint density at radius 3 is 2.67 bits per heavy atom. The number of halogens is 1. The van der Waals surface area contributed by atoms with Gasteiger partial charge in [0.25, 0.3) is 5.91 Å². The van der Waals surface area contributed by atoms with Gasteiger partial charge in [-0.2, -0.15) is 0 Å². The number of amides is 1. The van der Waals surface area contributed by atoms with Gasteiger partial charge in [0, 0.05) is 48.1 Å². The third-order valence-corrected chi connectivity index (χ3v) is 4.49. The van der Waals surface area contributed by atoms with Crippen LogP contribution < -0.4 is 10.6 Å². The van der Waals surface area contributed by atoms with E-state index >= 15 is 0 Å². The van der Waals surface area contributed by atoms with E-state index in [-0.39, 0.29) is 12.5 Å². The van der Waals surface area contributed by atoms with Gasteiger partial charge in [0.05, 0.1) is 23.0 Å². The van der Waals surface area contributed by atoms with Crippen LogP contribution in [0.5, 0.6) is 0 Å². The van der Waals surface area contributed by atoms with Gasteiger partial charge in [-0.1, -0.05) is 18.2 Å². The Morgan fingerprint density at radius 2 is 1.97 bits per heavy atom. The van der Waals surface area contributed by atoms with Crippen LogP contribution >= 0.6 is 11.6 Å². The van der Waals surface area contributed by atoms with Gasteiger partial charge in [-0.05, 0) is 43.7 Å². The Kier molecular flexibility index (Phi) is 6.76. The van der Waals surface area contributed by atoms with Crippen molar-refractivity contribution in [3.63, 3.8) is 0 Å². The Labute approximate surface area is 179 Å². The van der Waals surface area contributed by atoms with Crippen LogP contribution in [0.1, 0.15) is 29.8 Å². The van der Waals surface area contributed by atoms with Crippen molar-refractivity contribution in [3.05, 3.63) is 71.9 Å². The van der Waals surface area contributed by atoms with E-state index in [0.717, 1.165) is 22.4 Å². The minimum absolute atomic E-state index is 0.145. The van der Waals surface area contributed by atoms with Crippen molar-refractivity contribution in [2.24, 2.45) is 0 Å². The zero-order valence-corrected chi connectivity index (χ0v) is 17.4. The Hall–Kier alpha value is -3.29. The summed E-state index contributed by atoms with van der Waals surface area (Å²) in [4.78, 5) is 25.1. The van der Waals surface area contributed by atoms with Crippen molar-refractivity contribution in [1.82, 2.24) is 20.3 Å². The molecule has 0 aliphatic carbocycles. The molecule has 0 saturated carbocycles. The van der Waals surface area contributed by atoms with E-state index in [2.05, 4.69) is 32.2 Å². The number of carbonyl (C=O) groups excluding carboxylic acids is 1. The second-order valence-corrected chi connectivity index (χ2v) is 7.26. The third-order valence-electron chi connectivity index (χ3n) is 4.28. The lowest BCUT2D eigenvalue weighted by molar-refractivity contribution is 0.0924. The predicted octanol–water partition coefficient (Wildman–Crippen LogP) is 4.08. The van der Waals surface area contributed by atoms with Gasteiger partial charge in [-0.3, -0.25) is 14.8 Å². The Morgan fingerprint density at radius 1 is 1.17 bits per heavy atom. The second-order valence-electron chi connectivity index (χ2n) is 6.87. The molecule has 3 aromatic heterocycles. The van der Waals surface area contributed by atoms with Crippen molar-refractivity contribution in [2.75, 3.05) is 11.9 Å². The van der Waals surface area contributed by atoms with E-state index in [0.29, 0.717) is 22.1 Å². The number of anilines is 2. The Bertz CT molecular complexity index is 1080. The summed E-state index contributed by atoms with van der Waals surface area (Å²) in [6, 6.07) is 7.13. The van der Waals surface area contributed by atoms with E-state index < -0.39 is 6.10 Å². The molecule has 1 amide bonds. The normalized spacial score (nSPS) is 11.6. The molecule has 3 rings (SSSR count). The molecule has 3 aromatic rings. The van der Waals surface area contributed by atoms with Crippen LogP contribution in [0.15, 0.2) is 55.6 Å². The van der Waals surface area contributed by atoms with Crippen LogP contribution in [0.25, 0.3) is 16.8 Å². The molecule has 0 fully saturated rings. The second kappa shape index (κ2) is 9.47. The number of aliphatic hydroxyl groups is 1. The summed E-state index contributed by atoms with van der Waals surface area (Å²) in [5, 5.41) is 15.8. The summed E-state index contributed by atoms with van der Waals surface area (Å²) in [6.07, 6.45) is 5.77. The summed E-state index contributed by atoms with van der Waals surface area (Å²) in [7, 11) is 0. The Balaban J connectivity index is 1.99. The molecule has 0 spiro atoms. The van der Waals surface area contributed by atoms with Crippen LogP contribution in [0.3, 0.4) is 0 Å². The molecule has 0 saturated heterocycles. The lowest BCUT2D eigenvalue weighted by atomic mass is 10.1. The van der Waals surface area contributed by atoms with Crippen molar-refractivity contribution < 1.29 is 9.90 Å². The number of rotatable bonds is 7. The molecule has 0 aliphatic rings. The molecule has 0 aromatic carbocycles. The summed E-state index contributed by atoms with van der Waals surface area (Å²) in [5.74, 6) is -0.335. The monoisotopic (exact) mass is 423 g/mol. The van der Waals surface area contributed by atoms with Crippen LogP contribution in [-0.2, 0) is 0 Å². The number of pyridine rings is 3. The summed E-state index contributed by atoms with van der Waals surface area (Å²) in [6.45, 7) is 7.65. The van der Waals surface area contributed by atoms with Gasteiger partial charge in [0.2, 0.25) is 0 Å². The predicted molar refractivity (Wildman–Crippen MR) is 119 cm³/mol. The molecule has 0 radical (unpaired) electrons. The van der Waals surface area contributed by atoms with Crippen LogP contribution in [0, 0.1) is 0 Å². The van der Waals surface area contributed by atoms with Crippen molar-refractivity contribution >= 4 is 34.5 Å². The molecule has 8 heteroatoms. The average Bonchev–Trinajstić information content (AvgIpc) is 2.72. The number of carbonyl (C=O) groups is 1. The van der Waals surface area contributed by atoms with Gasteiger partial charge in [0.15, 0.2) is 0 Å².